The minimum Gasteiger partial charge on any atom is -0.361 e. The van der Waals surface area contributed by atoms with Gasteiger partial charge >= 0.3 is 0 Å². The van der Waals surface area contributed by atoms with Crippen molar-refractivity contribution in [1.82, 2.24) is 15.4 Å². The van der Waals surface area contributed by atoms with Gasteiger partial charge in [0.2, 0.25) is 0 Å². The predicted molar refractivity (Wildman–Crippen MR) is 83.1 cm³/mol. The molecule has 0 bridgehead atoms. The van der Waals surface area contributed by atoms with E-state index in [-0.39, 0.29) is 0 Å². The summed E-state index contributed by atoms with van der Waals surface area (Å²) in [6.07, 6.45) is 1.09. The van der Waals surface area contributed by atoms with E-state index < -0.39 is 0 Å². The zero-order valence-electron chi connectivity index (χ0n) is 12.8. The first-order valence-electron chi connectivity index (χ1n) is 7.72. The minimum atomic E-state index is 0.404. The summed E-state index contributed by atoms with van der Waals surface area (Å²) in [4.78, 5) is 2.48. The highest BCUT2D eigenvalue weighted by Gasteiger charge is 2.24. The van der Waals surface area contributed by atoms with Crippen molar-refractivity contribution in [3.8, 4) is 0 Å². The summed E-state index contributed by atoms with van der Waals surface area (Å²) in [6.45, 7) is 8.03. The van der Waals surface area contributed by atoms with Gasteiger partial charge in [0, 0.05) is 38.3 Å². The lowest BCUT2D eigenvalue weighted by atomic mass is 10.0. The van der Waals surface area contributed by atoms with E-state index in [1.54, 1.807) is 0 Å². The fraction of sp³-hybridized carbons (Fsp3) is 0.471. The molecule has 1 unspecified atom stereocenters. The lowest BCUT2D eigenvalue weighted by Gasteiger charge is -2.36. The Morgan fingerprint density at radius 2 is 2.14 bits per heavy atom. The van der Waals surface area contributed by atoms with Gasteiger partial charge in [0.1, 0.15) is 5.76 Å². The van der Waals surface area contributed by atoms with Crippen LogP contribution in [0.3, 0.4) is 0 Å². The Balaban J connectivity index is 1.76. The van der Waals surface area contributed by atoms with Crippen molar-refractivity contribution in [2.45, 2.75) is 32.9 Å². The molecule has 0 amide bonds. The van der Waals surface area contributed by atoms with Crippen LogP contribution in [0.5, 0.6) is 0 Å². The van der Waals surface area contributed by atoms with E-state index >= 15 is 0 Å². The number of benzene rings is 1. The van der Waals surface area contributed by atoms with Crippen molar-refractivity contribution in [2.75, 3.05) is 19.6 Å². The summed E-state index contributed by atoms with van der Waals surface area (Å²) in [6, 6.07) is 11.4. The Labute approximate surface area is 126 Å². The molecule has 2 aromatic rings. The number of piperazine rings is 1. The maximum Gasteiger partial charge on any atom is 0.133 e. The largest absolute Gasteiger partial charge is 0.361 e. The number of aryl methyl sites for hydroxylation is 2. The number of hydrogen-bond donors (Lipinski definition) is 1. The molecule has 0 radical (unpaired) electrons. The van der Waals surface area contributed by atoms with Crippen molar-refractivity contribution < 1.29 is 4.52 Å². The fourth-order valence-corrected chi connectivity index (χ4v) is 2.94. The van der Waals surface area contributed by atoms with Crippen LogP contribution >= 0.6 is 0 Å². The summed E-state index contributed by atoms with van der Waals surface area (Å²) < 4.78 is 5.18. The van der Waals surface area contributed by atoms with Crippen molar-refractivity contribution in [3.05, 3.63) is 52.9 Å². The quantitative estimate of drug-likeness (QED) is 0.938. The van der Waals surface area contributed by atoms with Crippen LogP contribution in [0, 0.1) is 6.92 Å². The summed E-state index contributed by atoms with van der Waals surface area (Å²) >= 11 is 0. The lowest BCUT2D eigenvalue weighted by Crippen LogP contribution is -2.45. The Morgan fingerprint density at radius 1 is 1.33 bits per heavy atom. The van der Waals surface area contributed by atoms with E-state index in [1.165, 1.54) is 11.1 Å². The Hall–Kier alpha value is -1.65. The number of hydrogen-bond acceptors (Lipinski definition) is 4. The average Bonchev–Trinajstić information content (AvgIpc) is 2.93. The number of aromatic nitrogens is 1. The molecule has 1 atom stereocenters. The second-order valence-corrected chi connectivity index (χ2v) is 5.71. The van der Waals surface area contributed by atoms with Gasteiger partial charge in [0.15, 0.2) is 0 Å². The van der Waals surface area contributed by atoms with Gasteiger partial charge < -0.3 is 9.84 Å². The summed E-state index contributed by atoms with van der Waals surface area (Å²) in [5, 5.41) is 7.63. The molecule has 1 fully saturated rings. The Bertz CT molecular complexity index is 576. The molecule has 3 rings (SSSR count). The first-order valence-corrected chi connectivity index (χ1v) is 7.72. The number of nitrogens with zero attached hydrogens (tertiary/aromatic N) is 2. The van der Waals surface area contributed by atoms with Crippen LogP contribution < -0.4 is 5.32 Å². The van der Waals surface area contributed by atoms with Crippen LogP contribution in [0.15, 0.2) is 34.9 Å². The summed E-state index contributed by atoms with van der Waals surface area (Å²) in [5.41, 5.74) is 3.78. The number of nitrogens with one attached hydrogen (secondary N) is 1. The van der Waals surface area contributed by atoms with Gasteiger partial charge in [-0.2, -0.15) is 0 Å². The van der Waals surface area contributed by atoms with Crippen LogP contribution in [0.4, 0.5) is 0 Å². The van der Waals surface area contributed by atoms with Crippen molar-refractivity contribution in [2.24, 2.45) is 0 Å². The lowest BCUT2D eigenvalue weighted by molar-refractivity contribution is 0.150. The summed E-state index contributed by atoms with van der Waals surface area (Å²) in [7, 11) is 0. The van der Waals surface area contributed by atoms with E-state index in [0.29, 0.717) is 6.04 Å². The highest BCUT2D eigenvalue weighted by Crippen LogP contribution is 2.24. The monoisotopic (exact) mass is 285 g/mol. The van der Waals surface area contributed by atoms with E-state index in [1.807, 2.05) is 13.0 Å². The molecule has 1 aliphatic rings. The second-order valence-electron chi connectivity index (χ2n) is 5.71. The van der Waals surface area contributed by atoms with Crippen LogP contribution in [0.1, 0.15) is 35.5 Å². The molecule has 112 valence electrons. The SMILES string of the molecule is CCc1ccc(C2CNCCN2Cc2cc(C)on2)cc1. The highest BCUT2D eigenvalue weighted by molar-refractivity contribution is 5.26. The fourth-order valence-electron chi connectivity index (χ4n) is 2.94. The first-order chi connectivity index (χ1) is 10.3. The molecule has 1 aromatic carbocycles. The van der Waals surface area contributed by atoms with Gasteiger partial charge in [-0.3, -0.25) is 4.90 Å². The van der Waals surface area contributed by atoms with Crippen LogP contribution in [-0.4, -0.2) is 29.7 Å². The minimum absolute atomic E-state index is 0.404. The Kier molecular flexibility index (Phi) is 4.36. The molecule has 4 nitrogen and oxygen atoms in total. The third-order valence-electron chi connectivity index (χ3n) is 4.17. The highest BCUT2D eigenvalue weighted by atomic mass is 16.5. The maximum atomic E-state index is 5.18. The van der Waals surface area contributed by atoms with Gasteiger partial charge in [-0.05, 0) is 24.5 Å². The molecule has 1 aromatic heterocycles. The molecule has 0 saturated carbocycles. The molecule has 1 aliphatic heterocycles. The molecular formula is C17H23N3O. The second kappa shape index (κ2) is 6.41. The molecule has 0 aliphatic carbocycles. The molecule has 0 spiro atoms. The first kappa shape index (κ1) is 14.3. The van der Waals surface area contributed by atoms with E-state index in [9.17, 15) is 0 Å². The van der Waals surface area contributed by atoms with Gasteiger partial charge in [0.05, 0.1) is 5.69 Å². The predicted octanol–water partition coefficient (Wildman–Crippen LogP) is 2.69. The van der Waals surface area contributed by atoms with Crippen molar-refractivity contribution >= 4 is 0 Å². The van der Waals surface area contributed by atoms with Gasteiger partial charge in [0.25, 0.3) is 0 Å². The summed E-state index contributed by atoms with van der Waals surface area (Å²) in [5.74, 6) is 0.879. The Morgan fingerprint density at radius 3 is 2.81 bits per heavy atom. The van der Waals surface area contributed by atoms with E-state index in [2.05, 4.69) is 46.6 Å². The molecule has 2 heterocycles. The third-order valence-corrected chi connectivity index (χ3v) is 4.17. The third kappa shape index (κ3) is 3.34. The normalized spacial score (nSPS) is 19.8. The molecular weight excluding hydrogens is 262 g/mol. The molecule has 1 N–H and O–H groups in total. The van der Waals surface area contributed by atoms with Gasteiger partial charge in [-0.25, -0.2) is 0 Å². The van der Waals surface area contributed by atoms with Crippen LogP contribution in [0.2, 0.25) is 0 Å². The zero-order chi connectivity index (χ0) is 14.7. The molecule has 4 heteroatoms. The van der Waals surface area contributed by atoms with Crippen LogP contribution in [-0.2, 0) is 13.0 Å². The van der Waals surface area contributed by atoms with Crippen molar-refractivity contribution in [3.63, 3.8) is 0 Å². The van der Waals surface area contributed by atoms with Crippen LogP contribution in [0.25, 0.3) is 0 Å². The van der Waals surface area contributed by atoms with Gasteiger partial charge in [-0.1, -0.05) is 36.3 Å². The molecule has 1 saturated heterocycles. The standard InChI is InChI=1S/C17H23N3O/c1-3-14-4-6-15(7-5-14)17-11-18-8-9-20(17)12-16-10-13(2)21-19-16/h4-7,10,17-18H,3,8-9,11-12H2,1-2H3. The molecule has 21 heavy (non-hydrogen) atoms. The van der Waals surface area contributed by atoms with Crippen molar-refractivity contribution in [1.29, 1.82) is 0 Å². The average molecular weight is 285 g/mol. The smallest absolute Gasteiger partial charge is 0.133 e. The van der Waals surface area contributed by atoms with E-state index in [4.69, 9.17) is 4.52 Å². The number of rotatable bonds is 4. The zero-order valence-corrected chi connectivity index (χ0v) is 12.8. The maximum absolute atomic E-state index is 5.18. The topological polar surface area (TPSA) is 41.3 Å². The van der Waals surface area contributed by atoms with E-state index in [0.717, 1.165) is 44.1 Å². The van der Waals surface area contributed by atoms with Gasteiger partial charge in [-0.15, -0.1) is 0 Å².